The zero-order valence-electron chi connectivity index (χ0n) is 16.4. The number of alkyl halides is 2. The Bertz CT molecular complexity index is 895. The quantitative estimate of drug-likeness (QED) is 0.764. The number of pyridine rings is 1. The standard InChI is InChI=1S/C12H15N3O3.C8H7F3O/c1-7-2-3-10(18-7)12(17)15-8-4-5-14-9(6-8)11(13)16;1-5-6(9)3-2-4-7(5)12-8(10)11/h4-7,10H,2-3H2,1H3,(H2,13,16)(H,14,15,17);2-4,8H,1H3/t7-,10-;/m1./s1. The van der Waals surface area contributed by atoms with Crippen LogP contribution in [0, 0.1) is 12.7 Å². The van der Waals surface area contributed by atoms with Gasteiger partial charge in [0.05, 0.1) is 6.10 Å². The van der Waals surface area contributed by atoms with Gasteiger partial charge in [0.15, 0.2) is 0 Å². The number of rotatable bonds is 5. The lowest BCUT2D eigenvalue weighted by molar-refractivity contribution is -0.126. The van der Waals surface area contributed by atoms with E-state index in [9.17, 15) is 22.8 Å². The third-order valence-electron chi connectivity index (χ3n) is 4.24. The van der Waals surface area contributed by atoms with Crippen LogP contribution < -0.4 is 15.8 Å². The number of halogens is 3. The van der Waals surface area contributed by atoms with Gasteiger partial charge in [0.25, 0.3) is 11.8 Å². The molecule has 1 aromatic carbocycles. The van der Waals surface area contributed by atoms with Crippen molar-refractivity contribution >= 4 is 17.5 Å². The van der Waals surface area contributed by atoms with Crippen molar-refractivity contribution in [3.8, 4) is 5.75 Å². The molecule has 0 bridgehead atoms. The Morgan fingerprint density at radius 2 is 2.03 bits per heavy atom. The van der Waals surface area contributed by atoms with Gasteiger partial charge in [0.1, 0.15) is 23.4 Å². The van der Waals surface area contributed by atoms with Gasteiger partial charge < -0.3 is 20.5 Å². The lowest BCUT2D eigenvalue weighted by Gasteiger charge is -2.11. The van der Waals surface area contributed by atoms with Gasteiger partial charge in [-0.15, -0.1) is 0 Å². The molecule has 2 aromatic rings. The Balaban J connectivity index is 0.000000232. The van der Waals surface area contributed by atoms with Crippen LogP contribution in [0.15, 0.2) is 36.5 Å². The number of ether oxygens (including phenoxy) is 2. The average molecular weight is 425 g/mol. The number of primary amides is 1. The molecule has 0 radical (unpaired) electrons. The van der Waals surface area contributed by atoms with Crippen LogP contribution in [0.1, 0.15) is 35.8 Å². The highest BCUT2D eigenvalue weighted by molar-refractivity contribution is 5.96. The van der Waals surface area contributed by atoms with Crippen LogP contribution >= 0.6 is 0 Å². The van der Waals surface area contributed by atoms with E-state index in [4.69, 9.17) is 10.5 Å². The van der Waals surface area contributed by atoms with E-state index in [1.165, 1.54) is 37.4 Å². The number of carbonyl (C=O) groups is 2. The molecular formula is C20H22F3N3O4. The van der Waals surface area contributed by atoms with E-state index in [2.05, 4.69) is 15.0 Å². The summed E-state index contributed by atoms with van der Waals surface area (Å²) in [4.78, 5) is 26.6. The van der Waals surface area contributed by atoms with Crippen molar-refractivity contribution in [3.63, 3.8) is 0 Å². The summed E-state index contributed by atoms with van der Waals surface area (Å²) in [5.41, 5.74) is 5.82. The van der Waals surface area contributed by atoms with Gasteiger partial charge in [-0.2, -0.15) is 8.78 Å². The van der Waals surface area contributed by atoms with Crippen LogP contribution in [0.5, 0.6) is 5.75 Å². The maximum Gasteiger partial charge on any atom is 0.387 e. The minimum atomic E-state index is -2.91. The predicted molar refractivity (Wildman–Crippen MR) is 103 cm³/mol. The molecule has 162 valence electrons. The molecule has 0 saturated carbocycles. The van der Waals surface area contributed by atoms with Crippen molar-refractivity contribution in [1.29, 1.82) is 0 Å². The third-order valence-corrected chi connectivity index (χ3v) is 4.24. The van der Waals surface area contributed by atoms with Crippen molar-refractivity contribution in [2.24, 2.45) is 5.73 Å². The Hall–Kier alpha value is -3.14. The van der Waals surface area contributed by atoms with Gasteiger partial charge in [0.2, 0.25) is 0 Å². The Morgan fingerprint density at radius 3 is 2.63 bits per heavy atom. The molecular weight excluding hydrogens is 403 g/mol. The monoisotopic (exact) mass is 425 g/mol. The number of anilines is 1. The maximum atomic E-state index is 12.7. The summed E-state index contributed by atoms with van der Waals surface area (Å²) in [5.74, 6) is -1.50. The first-order valence-electron chi connectivity index (χ1n) is 9.09. The van der Waals surface area contributed by atoms with E-state index in [1.807, 2.05) is 6.92 Å². The summed E-state index contributed by atoms with van der Waals surface area (Å²) in [6, 6.07) is 6.85. The fraction of sp³-hybridized carbons (Fsp3) is 0.350. The highest BCUT2D eigenvalue weighted by atomic mass is 19.3. The molecule has 1 aromatic heterocycles. The first kappa shape index (κ1) is 23.1. The van der Waals surface area contributed by atoms with Crippen molar-refractivity contribution in [2.45, 2.75) is 45.5 Å². The molecule has 1 fully saturated rings. The maximum absolute atomic E-state index is 12.7. The molecule has 1 saturated heterocycles. The Kier molecular flexibility index (Phi) is 8.16. The number of aromatic nitrogens is 1. The highest BCUT2D eigenvalue weighted by Gasteiger charge is 2.28. The molecule has 2 amide bonds. The van der Waals surface area contributed by atoms with E-state index in [0.29, 0.717) is 12.1 Å². The van der Waals surface area contributed by atoms with Crippen LogP contribution in [0.25, 0.3) is 0 Å². The Labute approximate surface area is 171 Å². The van der Waals surface area contributed by atoms with Crippen LogP contribution in [0.2, 0.25) is 0 Å². The first-order valence-corrected chi connectivity index (χ1v) is 9.09. The molecule has 1 aliphatic rings. The SMILES string of the molecule is C[C@@H]1CC[C@H](C(=O)Nc2ccnc(C(N)=O)c2)O1.Cc1c(F)cccc1OC(F)F. The smallest absolute Gasteiger partial charge is 0.387 e. The van der Waals surface area contributed by atoms with Crippen LogP contribution in [-0.4, -0.2) is 35.6 Å². The number of benzene rings is 1. The van der Waals surface area contributed by atoms with Gasteiger partial charge in [-0.1, -0.05) is 6.07 Å². The molecule has 10 heteroatoms. The second kappa shape index (κ2) is 10.6. The molecule has 2 atom stereocenters. The second-order valence-corrected chi connectivity index (χ2v) is 6.54. The van der Waals surface area contributed by atoms with Crippen molar-refractivity contribution in [2.75, 3.05) is 5.32 Å². The van der Waals surface area contributed by atoms with Crippen molar-refractivity contribution < 1.29 is 32.2 Å². The first-order chi connectivity index (χ1) is 14.2. The number of nitrogens with two attached hydrogens (primary N) is 1. The van der Waals surface area contributed by atoms with Crippen LogP contribution in [0.3, 0.4) is 0 Å². The van der Waals surface area contributed by atoms with Gasteiger partial charge >= 0.3 is 6.61 Å². The number of nitrogens with one attached hydrogen (secondary N) is 1. The fourth-order valence-corrected chi connectivity index (χ4v) is 2.67. The van der Waals surface area contributed by atoms with E-state index in [0.717, 1.165) is 6.42 Å². The summed E-state index contributed by atoms with van der Waals surface area (Å²) in [6.07, 6.45) is 2.69. The number of hydrogen-bond acceptors (Lipinski definition) is 5. The molecule has 3 rings (SSSR count). The summed E-state index contributed by atoms with van der Waals surface area (Å²) in [7, 11) is 0. The lowest BCUT2D eigenvalue weighted by Crippen LogP contribution is -2.28. The fourth-order valence-electron chi connectivity index (χ4n) is 2.67. The minimum absolute atomic E-state index is 0.0952. The molecule has 3 N–H and O–H groups in total. The topological polar surface area (TPSA) is 104 Å². The van der Waals surface area contributed by atoms with E-state index >= 15 is 0 Å². The number of carbonyl (C=O) groups excluding carboxylic acids is 2. The minimum Gasteiger partial charge on any atom is -0.434 e. The number of hydrogen-bond donors (Lipinski definition) is 2. The summed E-state index contributed by atoms with van der Waals surface area (Å²) in [5, 5.41) is 2.69. The largest absolute Gasteiger partial charge is 0.434 e. The van der Waals surface area contributed by atoms with Crippen LogP contribution in [0.4, 0.5) is 18.9 Å². The van der Waals surface area contributed by atoms with E-state index in [1.54, 1.807) is 6.07 Å². The predicted octanol–water partition coefficient (Wildman–Crippen LogP) is 3.42. The number of amides is 2. The summed E-state index contributed by atoms with van der Waals surface area (Å²) < 4.78 is 45.6. The highest BCUT2D eigenvalue weighted by Crippen LogP contribution is 2.22. The zero-order valence-corrected chi connectivity index (χ0v) is 16.4. The van der Waals surface area contributed by atoms with Crippen molar-refractivity contribution in [1.82, 2.24) is 4.98 Å². The molecule has 0 spiro atoms. The van der Waals surface area contributed by atoms with E-state index < -0.39 is 24.4 Å². The molecule has 0 aliphatic carbocycles. The lowest BCUT2D eigenvalue weighted by atomic mass is 10.2. The second-order valence-electron chi connectivity index (χ2n) is 6.54. The third kappa shape index (κ3) is 6.73. The van der Waals surface area contributed by atoms with Gasteiger partial charge in [-0.05, 0) is 51.0 Å². The molecule has 1 aliphatic heterocycles. The molecule has 0 unspecified atom stereocenters. The van der Waals surface area contributed by atoms with Crippen molar-refractivity contribution in [3.05, 3.63) is 53.6 Å². The summed E-state index contributed by atoms with van der Waals surface area (Å²) in [6.45, 7) is 0.406. The summed E-state index contributed by atoms with van der Waals surface area (Å²) >= 11 is 0. The van der Waals surface area contributed by atoms with Gasteiger partial charge in [-0.3, -0.25) is 14.6 Å². The zero-order chi connectivity index (χ0) is 22.3. The van der Waals surface area contributed by atoms with E-state index in [-0.39, 0.29) is 29.0 Å². The van der Waals surface area contributed by atoms with Crippen LogP contribution in [-0.2, 0) is 9.53 Å². The van der Waals surface area contributed by atoms with Gasteiger partial charge in [-0.25, -0.2) is 4.39 Å². The average Bonchev–Trinajstić information content (AvgIpc) is 3.12. The van der Waals surface area contributed by atoms with Gasteiger partial charge in [0, 0.05) is 17.4 Å². The number of nitrogens with zero attached hydrogens (tertiary/aromatic N) is 1. The molecule has 30 heavy (non-hydrogen) atoms. The molecule has 7 nitrogen and oxygen atoms in total. The normalized spacial score (nSPS) is 17.8. The Morgan fingerprint density at radius 1 is 1.30 bits per heavy atom. The molecule has 2 heterocycles.